The molecule has 0 aliphatic carbocycles. The fourth-order valence-electron chi connectivity index (χ4n) is 2.96. The molecule has 5 nitrogen and oxygen atoms in total. The van der Waals surface area contributed by atoms with Crippen molar-refractivity contribution in [1.29, 1.82) is 0 Å². The van der Waals surface area contributed by atoms with Crippen LogP contribution >= 0.6 is 0 Å². The van der Waals surface area contributed by atoms with Gasteiger partial charge in [-0.15, -0.1) is 0 Å². The fraction of sp³-hybridized carbons (Fsp3) is 0.350. The predicted molar refractivity (Wildman–Crippen MR) is 101 cm³/mol. The normalized spacial score (nSPS) is 14.2. The van der Waals surface area contributed by atoms with Gasteiger partial charge in [0.2, 0.25) is 0 Å². The van der Waals surface area contributed by atoms with Crippen LogP contribution in [0.2, 0.25) is 0 Å². The Morgan fingerprint density at radius 1 is 0.920 bits per heavy atom. The molecule has 0 atom stereocenters. The van der Waals surface area contributed by atoms with Crippen LogP contribution in [0.25, 0.3) is 0 Å². The average molecular weight is 339 g/mol. The first-order valence-electron chi connectivity index (χ1n) is 8.51. The number of nitrogens with zero attached hydrogens (tertiary/aromatic N) is 2. The molecule has 5 heteroatoms. The highest BCUT2D eigenvalue weighted by Crippen LogP contribution is 2.26. The van der Waals surface area contributed by atoms with Gasteiger partial charge in [-0.1, -0.05) is 24.3 Å². The predicted octanol–water partition coefficient (Wildman–Crippen LogP) is 3.07. The summed E-state index contributed by atoms with van der Waals surface area (Å²) in [7, 11) is 5.43. The number of guanidine groups is 1. The number of rotatable bonds is 5. The van der Waals surface area contributed by atoms with Crippen LogP contribution in [0.1, 0.15) is 23.6 Å². The molecular weight excluding hydrogens is 314 g/mol. The van der Waals surface area contributed by atoms with Crippen LogP contribution < -0.4 is 14.8 Å². The second-order valence-corrected chi connectivity index (χ2v) is 6.10. The van der Waals surface area contributed by atoms with Crippen molar-refractivity contribution < 1.29 is 9.47 Å². The number of nitrogens with one attached hydrogen (secondary N) is 1. The summed E-state index contributed by atoms with van der Waals surface area (Å²) in [5, 5.41) is 3.61. The maximum absolute atomic E-state index is 5.28. The van der Waals surface area contributed by atoms with Gasteiger partial charge in [0.25, 0.3) is 0 Å². The van der Waals surface area contributed by atoms with Crippen molar-refractivity contribution in [2.24, 2.45) is 4.99 Å². The summed E-state index contributed by atoms with van der Waals surface area (Å²) in [6.45, 7) is 1.88. The number of aliphatic imine (C=N–C) groups is 1. The van der Waals surface area contributed by atoms with E-state index < -0.39 is 0 Å². The molecule has 2 aromatic carbocycles. The van der Waals surface area contributed by atoms with Crippen LogP contribution in [0.3, 0.4) is 0 Å². The molecule has 25 heavy (non-hydrogen) atoms. The van der Waals surface area contributed by atoms with E-state index in [1.807, 2.05) is 24.3 Å². The number of ether oxygens (including phenoxy) is 2. The van der Waals surface area contributed by atoms with E-state index in [1.165, 1.54) is 0 Å². The standard InChI is InChI=1S/C20H25N3O2/c1-23-14-4-13-21-20(23)22-19(15-5-9-17(24-2)10-6-15)16-7-11-18(25-3)12-8-16/h5-12,19H,4,13-14H2,1-3H3,(H,21,22). The molecule has 0 saturated heterocycles. The van der Waals surface area contributed by atoms with Crippen LogP contribution in [-0.2, 0) is 0 Å². The Kier molecular flexibility index (Phi) is 5.43. The smallest absolute Gasteiger partial charge is 0.194 e. The van der Waals surface area contributed by atoms with Gasteiger partial charge in [0, 0.05) is 20.1 Å². The van der Waals surface area contributed by atoms with Crippen molar-refractivity contribution in [2.75, 3.05) is 34.4 Å². The van der Waals surface area contributed by atoms with E-state index in [1.54, 1.807) is 14.2 Å². The Labute approximate surface area is 149 Å². The van der Waals surface area contributed by atoms with E-state index in [9.17, 15) is 0 Å². The van der Waals surface area contributed by atoms with Gasteiger partial charge in [0.1, 0.15) is 11.5 Å². The van der Waals surface area contributed by atoms with E-state index in [4.69, 9.17) is 9.47 Å². The van der Waals surface area contributed by atoms with Crippen LogP contribution in [-0.4, -0.2) is 45.2 Å². The molecule has 0 radical (unpaired) electrons. The zero-order valence-electron chi connectivity index (χ0n) is 15.0. The fourth-order valence-corrected chi connectivity index (χ4v) is 2.96. The Morgan fingerprint density at radius 2 is 1.44 bits per heavy atom. The highest BCUT2D eigenvalue weighted by atomic mass is 16.5. The zero-order valence-corrected chi connectivity index (χ0v) is 15.0. The summed E-state index contributed by atoms with van der Waals surface area (Å²) in [5.74, 6) is 2.64. The highest BCUT2D eigenvalue weighted by molar-refractivity contribution is 5.81. The largest absolute Gasteiger partial charge is 0.497 e. The van der Waals surface area contributed by atoms with E-state index in [2.05, 4.69) is 46.5 Å². The van der Waals surface area contributed by atoms with Gasteiger partial charge < -0.3 is 19.7 Å². The quantitative estimate of drug-likeness (QED) is 0.909. The molecule has 1 heterocycles. The molecule has 2 aromatic rings. The third kappa shape index (κ3) is 4.05. The van der Waals surface area contributed by atoms with Crippen LogP contribution in [0, 0.1) is 0 Å². The summed E-state index contributed by atoms with van der Waals surface area (Å²) >= 11 is 0. The van der Waals surface area contributed by atoms with E-state index >= 15 is 0 Å². The van der Waals surface area contributed by atoms with Gasteiger partial charge >= 0.3 is 0 Å². The molecule has 0 unspecified atom stereocenters. The Bertz CT molecular complexity index is 663. The molecular formula is C20H25N3O2. The monoisotopic (exact) mass is 339 g/mol. The summed E-state index contributed by atoms with van der Waals surface area (Å²) in [6, 6.07) is 16.3. The van der Waals surface area contributed by atoms with Gasteiger partial charge in [0.15, 0.2) is 5.96 Å². The van der Waals surface area contributed by atoms with Crippen molar-refractivity contribution in [2.45, 2.75) is 12.5 Å². The third-order valence-electron chi connectivity index (χ3n) is 4.45. The number of methoxy groups -OCH3 is 2. The van der Waals surface area contributed by atoms with Crippen LogP contribution in [0.5, 0.6) is 11.5 Å². The molecule has 1 aliphatic heterocycles. The molecule has 0 spiro atoms. The van der Waals surface area contributed by atoms with Crippen molar-refractivity contribution in [3.05, 3.63) is 59.7 Å². The molecule has 132 valence electrons. The lowest BCUT2D eigenvalue weighted by Gasteiger charge is -2.30. The molecule has 0 saturated carbocycles. The molecule has 0 fully saturated rings. The van der Waals surface area contributed by atoms with E-state index in [0.29, 0.717) is 0 Å². The minimum atomic E-state index is 0.0103. The summed E-state index contributed by atoms with van der Waals surface area (Å²) in [4.78, 5) is 6.82. The molecule has 0 amide bonds. The third-order valence-corrected chi connectivity index (χ3v) is 4.45. The number of hydrogen-bond acceptors (Lipinski definition) is 5. The first-order chi connectivity index (χ1) is 12.2. The highest BCUT2D eigenvalue weighted by Gasteiger charge is 2.19. The first-order valence-corrected chi connectivity index (χ1v) is 8.51. The van der Waals surface area contributed by atoms with Crippen LogP contribution in [0.15, 0.2) is 53.5 Å². The summed E-state index contributed by atoms with van der Waals surface area (Å²) < 4.78 is 10.6. The number of benzene rings is 2. The number of hydrogen-bond donors (Lipinski definition) is 1. The Balaban J connectivity index is 1.92. The van der Waals surface area contributed by atoms with Gasteiger partial charge in [-0.05, 0) is 41.8 Å². The van der Waals surface area contributed by atoms with Crippen molar-refractivity contribution in [3.8, 4) is 11.5 Å². The summed E-state index contributed by atoms with van der Waals surface area (Å²) in [5.41, 5.74) is 2.32. The maximum Gasteiger partial charge on any atom is 0.194 e. The van der Waals surface area contributed by atoms with Crippen molar-refractivity contribution in [3.63, 3.8) is 0 Å². The van der Waals surface area contributed by atoms with Crippen LogP contribution in [0.4, 0.5) is 0 Å². The minimum absolute atomic E-state index is 0.0103. The molecule has 1 N–H and O–H groups in total. The zero-order chi connectivity index (χ0) is 17.6. The first kappa shape index (κ1) is 17.1. The molecule has 3 rings (SSSR count). The molecule has 0 bridgehead atoms. The lowest BCUT2D eigenvalue weighted by Crippen LogP contribution is -2.44. The second kappa shape index (κ2) is 7.92. The lowest BCUT2D eigenvalue weighted by molar-refractivity contribution is 0.414. The topological polar surface area (TPSA) is 46.1 Å². The van der Waals surface area contributed by atoms with E-state index in [-0.39, 0.29) is 6.04 Å². The van der Waals surface area contributed by atoms with Crippen molar-refractivity contribution in [1.82, 2.24) is 10.2 Å². The molecule has 1 aliphatic rings. The summed E-state index contributed by atoms with van der Waals surface area (Å²) in [6.07, 6.45) is 1.09. The minimum Gasteiger partial charge on any atom is -0.497 e. The molecule has 0 aromatic heterocycles. The average Bonchev–Trinajstić information content (AvgIpc) is 2.68. The van der Waals surface area contributed by atoms with Gasteiger partial charge in [-0.25, -0.2) is 0 Å². The SMILES string of the molecule is COc1ccc(C(NC2=NCCCN2C)c2ccc(OC)cc2)cc1. The van der Waals surface area contributed by atoms with Gasteiger partial charge in [-0.3, -0.25) is 4.99 Å². The Hall–Kier alpha value is -2.69. The van der Waals surface area contributed by atoms with Gasteiger partial charge in [-0.2, -0.15) is 0 Å². The second-order valence-electron chi connectivity index (χ2n) is 6.10. The van der Waals surface area contributed by atoms with Gasteiger partial charge in [0.05, 0.1) is 20.3 Å². The Morgan fingerprint density at radius 3 is 1.88 bits per heavy atom. The van der Waals surface area contributed by atoms with E-state index in [0.717, 1.165) is 48.1 Å². The lowest BCUT2D eigenvalue weighted by atomic mass is 9.98. The maximum atomic E-state index is 5.28. The van der Waals surface area contributed by atoms with Crippen molar-refractivity contribution >= 4 is 5.96 Å².